The van der Waals surface area contributed by atoms with Crippen LogP contribution < -0.4 is 10.6 Å². The summed E-state index contributed by atoms with van der Waals surface area (Å²) >= 11 is 0. The second-order valence-electron chi connectivity index (χ2n) is 8.26. The van der Waals surface area contributed by atoms with Crippen LogP contribution in [0.2, 0.25) is 0 Å². The van der Waals surface area contributed by atoms with E-state index in [-0.39, 0.29) is 17.1 Å². The minimum Gasteiger partial charge on any atom is -0.379 e. The highest BCUT2D eigenvalue weighted by molar-refractivity contribution is 5.79. The molecular formula is C18H38N4O. The van der Waals surface area contributed by atoms with Gasteiger partial charge in [0.05, 0.1) is 6.10 Å². The van der Waals surface area contributed by atoms with Gasteiger partial charge in [-0.1, -0.05) is 27.2 Å². The predicted molar refractivity (Wildman–Crippen MR) is 99.1 cm³/mol. The first-order valence-electron chi connectivity index (χ1n) is 8.93. The van der Waals surface area contributed by atoms with E-state index in [9.17, 15) is 0 Å². The molecule has 0 aromatic heterocycles. The number of piperidine rings is 1. The Labute approximate surface area is 143 Å². The lowest BCUT2D eigenvalue weighted by Crippen LogP contribution is -2.55. The van der Waals surface area contributed by atoms with Gasteiger partial charge in [0.1, 0.15) is 0 Å². The minimum absolute atomic E-state index is 0.105. The molecule has 5 heteroatoms. The molecule has 1 atom stereocenters. The third kappa shape index (κ3) is 6.68. The first-order chi connectivity index (χ1) is 10.7. The number of methoxy groups -OCH3 is 1. The van der Waals surface area contributed by atoms with Crippen LogP contribution in [0.5, 0.6) is 0 Å². The Balaban J connectivity index is 2.47. The van der Waals surface area contributed by atoms with E-state index in [4.69, 9.17) is 4.74 Å². The van der Waals surface area contributed by atoms with E-state index >= 15 is 0 Å². The molecule has 1 saturated heterocycles. The topological polar surface area (TPSA) is 48.9 Å². The van der Waals surface area contributed by atoms with Crippen LogP contribution in [-0.4, -0.2) is 62.8 Å². The number of nitrogens with one attached hydrogen (secondary N) is 2. The van der Waals surface area contributed by atoms with Gasteiger partial charge in [0.2, 0.25) is 0 Å². The average molecular weight is 327 g/mol. The fraction of sp³-hybridized carbons (Fsp3) is 0.944. The van der Waals surface area contributed by atoms with Gasteiger partial charge in [0.25, 0.3) is 0 Å². The number of hydrogen-bond acceptors (Lipinski definition) is 3. The lowest BCUT2D eigenvalue weighted by molar-refractivity contribution is 0.0204. The highest BCUT2D eigenvalue weighted by Crippen LogP contribution is 2.21. The Hall–Kier alpha value is -0.810. The van der Waals surface area contributed by atoms with Crippen LogP contribution in [0, 0.1) is 5.41 Å². The summed E-state index contributed by atoms with van der Waals surface area (Å²) < 4.78 is 5.60. The summed E-state index contributed by atoms with van der Waals surface area (Å²) in [5, 5.41) is 6.88. The number of guanidine groups is 1. The third-order valence-electron chi connectivity index (χ3n) is 4.83. The van der Waals surface area contributed by atoms with E-state index < -0.39 is 0 Å². The van der Waals surface area contributed by atoms with Crippen LogP contribution in [0.15, 0.2) is 4.99 Å². The van der Waals surface area contributed by atoms with Gasteiger partial charge in [-0.2, -0.15) is 0 Å². The first-order valence-corrected chi connectivity index (χ1v) is 8.93. The molecule has 0 bridgehead atoms. The first kappa shape index (κ1) is 20.2. The fourth-order valence-electron chi connectivity index (χ4n) is 3.06. The largest absolute Gasteiger partial charge is 0.379 e. The molecule has 136 valence electrons. The standard InChI is InChI=1S/C18H38N4O/c1-17(2,3)15(23-7)13-20-16(19-6)21-14-18(4,5)22-11-9-8-10-12-22/h15H,8-14H2,1-7H3,(H2,19,20,21). The number of nitrogens with zero attached hydrogens (tertiary/aromatic N) is 2. The summed E-state index contributed by atoms with van der Waals surface area (Å²) in [5.74, 6) is 0.849. The molecule has 0 spiro atoms. The second-order valence-corrected chi connectivity index (χ2v) is 8.26. The zero-order valence-corrected chi connectivity index (χ0v) is 16.3. The van der Waals surface area contributed by atoms with Gasteiger partial charge in [0.15, 0.2) is 5.96 Å². The van der Waals surface area contributed by atoms with Crippen molar-refractivity contribution in [3.05, 3.63) is 0 Å². The lowest BCUT2D eigenvalue weighted by Gasteiger charge is -2.41. The van der Waals surface area contributed by atoms with Gasteiger partial charge in [-0.05, 0) is 45.2 Å². The number of aliphatic imine (C=N–C) groups is 1. The molecule has 1 aliphatic heterocycles. The predicted octanol–water partition coefficient (Wildman–Crippen LogP) is 2.48. The summed E-state index contributed by atoms with van der Waals surface area (Å²) in [6.07, 6.45) is 4.15. The van der Waals surface area contributed by atoms with Crippen LogP contribution >= 0.6 is 0 Å². The molecule has 1 heterocycles. The molecule has 0 radical (unpaired) electrons. The number of hydrogen-bond donors (Lipinski definition) is 2. The molecule has 2 N–H and O–H groups in total. The zero-order valence-electron chi connectivity index (χ0n) is 16.3. The fourth-order valence-corrected chi connectivity index (χ4v) is 3.06. The van der Waals surface area contributed by atoms with Gasteiger partial charge >= 0.3 is 0 Å². The van der Waals surface area contributed by atoms with Crippen LogP contribution in [-0.2, 0) is 4.74 Å². The molecule has 5 nitrogen and oxygen atoms in total. The van der Waals surface area contributed by atoms with E-state index in [2.05, 4.69) is 55.1 Å². The Morgan fingerprint density at radius 1 is 1.09 bits per heavy atom. The molecule has 23 heavy (non-hydrogen) atoms. The summed E-state index contributed by atoms with van der Waals surface area (Å²) in [6.45, 7) is 15.3. The van der Waals surface area contributed by atoms with Crippen molar-refractivity contribution in [1.29, 1.82) is 0 Å². The van der Waals surface area contributed by atoms with Crippen LogP contribution in [0.4, 0.5) is 0 Å². The normalized spacial score (nSPS) is 19.5. The molecule has 0 aromatic carbocycles. The number of rotatable bonds is 6. The van der Waals surface area contributed by atoms with Gasteiger partial charge in [0, 0.05) is 32.8 Å². The quantitative estimate of drug-likeness (QED) is 0.581. The smallest absolute Gasteiger partial charge is 0.191 e. The van der Waals surface area contributed by atoms with Crippen molar-refractivity contribution in [3.8, 4) is 0 Å². The summed E-state index contributed by atoms with van der Waals surface area (Å²) in [5.41, 5.74) is 0.246. The van der Waals surface area contributed by atoms with E-state index in [0.717, 1.165) is 19.0 Å². The number of likely N-dealkylation sites (tertiary alicyclic amines) is 1. The lowest BCUT2D eigenvalue weighted by atomic mass is 9.89. The average Bonchev–Trinajstić information content (AvgIpc) is 2.50. The van der Waals surface area contributed by atoms with Crippen LogP contribution in [0.1, 0.15) is 53.9 Å². The minimum atomic E-state index is 0.105. The van der Waals surface area contributed by atoms with Gasteiger partial charge in [-0.25, -0.2) is 0 Å². The van der Waals surface area contributed by atoms with E-state index in [1.165, 1.54) is 32.4 Å². The van der Waals surface area contributed by atoms with Gasteiger partial charge in [-0.3, -0.25) is 9.89 Å². The summed E-state index contributed by atoms with van der Waals surface area (Å²) in [6, 6.07) is 0. The van der Waals surface area contributed by atoms with Gasteiger partial charge in [-0.15, -0.1) is 0 Å². The van der Waals surface area contributed by atoms with Crippen molar-refractivity contribution >= 4 is 5.96 Å². The van der Waals surface area contributed by atoms with Crippen LogP contribution in [0.3, 0.4) is 0 Å². The maximum Gasteiger partial charge on any atom is 0.191 e. The molecule has 0 amide bonds. The molecule has 1 aliphatic rings. The second kappa shape index (κ2) is 8.88. The van der Waals surface area contributed by atoms with Crippen molar-refractivity contribution in [3.63, 3.8) is 0 Å². The molecular weight excluding hydrogens is 288 g/mol. The highest BCUT2D eigenvalue weighted by atomic mass is 16.5. The maximum atomic E-state index is 5.60. The highest BCUT2D eigenvalue weighted by Gasteiger charge is 2.28. The Morgan fingerprint density at radius 3 is 2.17 bits per heavy atom. The molecule has 1 fully saturated rings. The Kier molecular flexibility index (Phi) is 7.81. The number of ether oxygens (including phenoxy) is 1. The van der Waals surface area contributed by atoms with E-state index in [0.29, 0.717) is 0 Å². The van der Waals surface area contributed by atoms with Crippen molar-refractivity contribution in [2.45, 2.75) is 65.5 Å². The molecule has 0 aliphatic carbocycles. The Morgan fingerprint density at radius 2 is 1.70 bits per heavy atom. The van der Waals surface area contributed by atoms with Crippen molar-refractivity contribution < 1.29 is 4.74 Å². The van der Waals surface area contributed by atoms with Crippen molar-refractivity contribution in [2.75, 3.05) is 40.3 Å². The third-order valence-corrected chi connectivity index (χ3v) is 4.83. The molecule has 1 rings (SSSR count). The summed E-state index contributed by atoms with van der Waals surface area (Å²) in [4.78, 5) is 6.93. The van der Waals surface area contributed by atoms with E-state index in [1.807, 2.05) is 7.05 Å². The molecule has 0 saturated carbocycles. The SMILES string of the molecule is CN=C(NCC(OC)C(C)(C)C)NCC(C)(C)N1CCCCC1. The zero-order chi connectivity index (χ0) is 17.5. The Bertz CT molecular complexity index is 368. The van der Waals surface area contributed by atoms with Crippen LogP contribution in [0.25, 0.3) is 0 Å². The maximum absolute atomic E-state index is 5.60. The van der Waals surface area contributed by atoms with Gasteiger partial charge < -0.3 is 15.4 Å². The monoisotopic (exact) mass is 326 g/mol. The van der Waals surface area contributed by atoms with Crippen molar-refractivity contribution in [2.24, 2.45) is 10.4 Å². The van der Waals surface area contributed by atoms with Crippen molar-refractivity contribution in [1.82, 2.24) is 15.5 Å². The summed E-state index contributed by atoms with van der Waals surface area (Å²) in [7, 11) is 3.59. The van der Waals surface area contributed by atoms with E-state index in [1.54, 1.807) is 7.11 Å². The molecule has 1 unspecified atom stereocenters. The molecule has 0 aromatic rings.